The van der Waals surface area contributed by atoms with Crippen LogP contribution < -0.4 is 0 Å². The second-order valence-electron chi connectivity index (χ2n) is 9.10. The third kappa shape index (κ3) is 5.66. The molecule has 0 aromatic carbocycles. The van der Waals surface area contributed by atoms with E-state index in [9.17, 15) is 18.0 Å². The standard InChI is InChI=1S/C20H31N3O5S/c1-20(2,3)18-13-15(21-28-18)12-17(24)16-6-4-5-7-23(16)19(25)14-22-8-10-29(26,27)11-9-22/h13,16H,4-12,14H2,1-3H3/t16-/m0/s1. The van der Waals surface area contributed by atoms with Crippen molar-refractivity contribution in [2.45, 2.75) is 57.9 Å². The van der Waals surface area contributed by atoms with Gasteiger partial charge in [-0.2, -0.15) is 0 Å². The van der Waals surface area contributed by atoms with Crippen molar-refractivity contribution >= 4 is 21.5 Å². The molecular weight excluding hydrogens is 394 g/mol. The van der Waals surface area contributed by atoms with E-state index in [1.165, 1.54) is 0 Å². The molecule has 1 aromatic heterocycles. The molecule has 0 spiro atoms. The average Bonchev–Trinajstić information content (AvgIpc) is 3.12. The van der Waals surface area contributed by atoms with Crippen LogP contribution >= 0.6 is 0 Å². The van der Waals surface area contributed by atoms with Gasteiger partial charge in [0.05, 0.1) is 36.2 Å². The van der Waals surface area contributed by atoms with Crippen LogP contribution in [0, 0.1) is 0 Å². The summed E-state index contributed by atoms with van der Waals surface area (Å²) in [6.07, 6.45) is 2.59. The molecule has 3 heterocycles. The maximum absolute atomic E-state index is 13.0. The summed E-state index contributed by atoms with van der Waals surface area (Å²) in [5.41, 5.74) is 0.419. The second kappa shape index (κ2) is 8.55. The molecule has 9 heteroatoms. The summed E-state index contributed by atoms with van der Waals surface area (Å²) < 4.78 is 28.5. The number of aromatic nitrogens is 1. The molecule has 1 amide bonds. The van der Waals surface area contributed by atoms with Crippen LogP contribution in [0.3, 0.4) is 0 Å². The zero-order chi connectivity index (χ0) is 21.2. The minimum atomic E-state index is -2.98. The largest absolute Gasteiger partial charge is 0.361 e. The number of carbonyl (C=O) groups excluding carboxylic acids is 2. The number of hydrogen-bond acceptors (Lipinski definition) is 7. The maximum Gasteiger partial charge on any atom is 0.237 e. The first kappa shape index (κ1) is 22.0. The highest BCUT2D eigenvalue weighted by Gasteiger charge is 2.34. The highest BCUT2D eigenvalue weighted by atomic mass is 32.2. The molecule has 2 saturated heterocycles. The fourth-order valence-electron chi connectivity index (χ4n) is 3.80. The second-order valence-corrected chi connectivity index (χ2v) is 11.4. The molecule has 1 atom stereocenters. The van der Waals surface area contributed by atoms with Crippen molar-refractivity contribution in [3.05, 3.63) is 17.5 Å². The predicted molar refractivity (Wildman–Crippen MR) is 108 cm³/mol. The lowest BCUT2D eigenvalue weighted by Crippen LogP contribution is -2.53. The lowest BCUT2D eigenvalue weighted by atomic mass is 9.92. The first-order valence-electron chi connectivity index (χ1n) is 10.3. The van der Waals surface area contributed by atoms with E-state index in [0.29, 0.717) is 31.7 Å². The van der Waals surface area contributed by atoms with Crippen molar-refractivity contribution < 1.29 is 22.5 Å². The fourth-order valence-corrected chi connectivity index (χ4v) is 5.08. The van der Waals surface area contributed by atoms with Crippen LogP contribution in [0.25, 0.3) is 0 Å². The molecule has 8 nitrogen and oxygen atoms in total. The molecule has 3 rings (SSSR count). The number of nitrogens with zero attached hydrogens (tertiary/aromatic N) is 3. The fraction of sp³-hybridized carbons (Fsp3) is 0.750. The van der Waals surface area contributed by atoms with Gasteiger partial charge in [-0.05, 0) is 19.3 Å². The van der Waals surface area contributed by atoms with E-state index >= 15 is 0 Å². The summed E-state index contributed by atoms with van der Waals surface area (Å²) in [6, 6.07) is 1.38. The molecule has 1 aromatic rings. The lowest BCUT2D eigenvalue weighted by Gasteiger charge is -2.36. The van der Waals surface area contributed by atoms with Gasteiger partial charge >= 0.3 is 0 Å². The zero-order valence-corrected chi connectivity index (χ0v) is 18.3. The van der Waals surface area contributed by atoms with Crippen LogP contribution in [-0.4, -0.2) is 78.8 Å². The summed E-state index contributed by atoms with van der Waals surface area (Å²) >= 11 is 0. The van der Waals surface area contributed by atoms with Gasteiger partial charge in [0.15, 0.2) is 15.6 Å². The third-order valence-corrected chi connectivity index (χ3v) is 7.25. The average molecular weight is 426 g/mol. The van der Waals surface area contributed by atoms with E-state index in [1.807, 2.05) is 31.7 Å². The van der Waals surface area contributed by atoms with E-state index in [2.05, 4.69) is 5.16 Å². The van der Waals surface area contributed by atoms with Crippen molar-refractivity contribution in [1.29, 1.82) is 0 Å². The van der Waals surface area contributed by atoms with E-state index < -0.39 is 15.9 Å². The predicted octanol–water partition coefficient (Wildman–Crippen LogP) is 1.20. The Bertz CT molecular complexity index is 842. The highest BCUT2D eigenvalue weighted by molar-refractivity contribution is 7.91. The number of ketones is 1. The topological polar surface area (TPSA) is 101 Å². The van der Waals surface area contributed by atoms with E-state index in [4.69, 9.17) is 4.52 Å². The molecular formula is C20H31N3O5S. The number of sulfone groups is 1. The van der Waals surface area contributed by atoms with Crippen LogP contribution in [0.1, 0.15) is 51.5 Å². The van der Waals surface area contributed by atoms with Crippen LogP contribution in [-0.2, 0) is 31.3 Å². The smallest absolute Gasteiger partial charge is 0.237 e. The Morgan fingerprint density at radius 3 is 2.48 bits per heavy atom. The minimum Gasteiger partial charge on any atom is -0.361 e. The van der Waals surface area contributed by atoms with Gasteiger partial charge in [0, 0.05) is 31.1 Å². The number of hydrogen-bond donors (Lipinski definition) is 0. The van der Waals surface area contributed by atoms with Crippen molar-refractivity contribution in [2.75, 3.05) is 37.7 Å². The first-order chi connectivity index (χ1) is 13.5. The molecule has 162 valence electrons. The van der Waals surface area contributed by atoms with Gasteiger partial charge in [-0.1, -0.05) is 25.9 Å². The Morgan fingerprint density at radius 2 is 1.86 bits per heavy atom. The molecule has 0 N–H and O–H groups in total. The number of piperidine rings is 1. The minimum absolute atomic E-state index is 0.0203. The van der Waals surface area contributed by atoms with Gasteiger partial charge in [-0.25, -0.2) is 8.42 Å². The van der Waals surface area contributed by atoms with Gasteiger partial charge in [0.2, 0.25) is 5.91 Å². The Labute approximate surface area is 172 Å². The van der Waals surface area contributed by atoms with Gasteiger partial charge < -0.3 is 9.42 Å². The number of Topliss-reactive ketones (excluding diaryl/α,β-unsaturated/α-hetero) is 1. The number of amides is 1. The molecule has 0 unspecified atom stereocenters. The Kier molecular flexibility index (Phi) is 6.48. The molecule has 29 heavy (non-hydrogen) atoms. The molecule has 0 bridgehead atoms. The van der Waals surface area contributed by atoms with Gasteiger partial charge in [0.1, 0.15) is 5.76 Å². The van der Waals surface area contributed by atoms with E-state index in [1.54, 1.807) is 4.90 Å². The van der Waals surface area contributed by atoms with Gasteiger partial charge in [-0.3, -0.25) is 14.5 Å². The Hall–Kier alpha value is -1.74. The number of rotatable bonds is 5. The van der Waals surface area contributed by atoms with Crippen molar-refractivity contribution in [3.8, 4) is 0 Å². The van der Waals surface area contributed by atoms with Gasteiger partial charge in [0.25, 0.3) is 0 Å². The maximum atomic E-state index is 13.0. The van der Waals surface area contributed by atoms with Crippen LogP contribution in [0.15, 0.2) is 10.6 Å². The first-order valence-corrected chi connectivity index (χ1v) is 12.1. The van der Waals surface area contributed by atoms with Crippen molar-refractivity contribution in [3.63, 3.8) is 0 Å². The highest BCUT2D eigenvalue weighted by Crippen LogP contribution is 2.24. The Morgan fingerprint density at radius 1 is 1.17 bits per heavy atom. The van der Waals surface area contributed by atoms with Crippen LogP contribution in [0.4, 0.5) is 0 Å². The van der Waals surface area contributed by atoms with Crippen molar-refractivity contribution in [2.24, 2.45) is 0 Å². The number of likely N-dealkylation sites (tertiary alicyclic amines) is 1. The van der Waals surface area contributed by atoms with E-state index in [0.717, 1.165) is 18.6 Å². The summed E-state index contributed by atoms with van der Waals surface area (Å²) in [5.74, 6) is 0.790. The summed E-state index contributed by atoms with van der Waals surface area (Å²) in [4.78, 5) is 29.4. The molecule has 0 aliphatic carbocycles. The molecule has 2 aliphatic heterocycles. The molecule has 0 saturated carbocycles. The molecule has 2 aliphatic rings. The zero-order valence-electron chi connectivity index (χ0n) is 17.5. The van der Waals surface area contributed by atoms with E-state index in [-0.39, 0.29) is 41.6 Å². The quantitative estimate of drug-likeness (QED) is 0.698. The number of carbonyl (C=O) groups is 2. The van der Waals surface area contributed by atoms with Crippen molar-refractivity contribution in [1.82, 2.24) is 15.0 Å². The summed E-state index contributed by atoms with van der Waals surface area (Å²) in [7, 11) is -2.98. The van der Waals surface area contributed by atoms with Gasteiger partial charge in [-0.15, -0.1) is 0 Å². The summed E-state index contributed by atoms with van der Waals surface area (Å²) in [5, 5.41) is 4.03. The molecule has 2 fully saturated rings. The van der Waals surface area contributed by atoms with Crippen LogP contribution in [0.2, 0.25) is 0 Å². The van der Waals surface area contributed by atoms with Crippen LogP contribution in [0.5, 0.6) is 0 Å². The SMILES string of the molecule is CC(C)(C)c1cc(CC(=O)[C@@H]2CCCCN2C(=O)CN2CCS(=O)(=O)CC2)no1. The third-order valence-electron chi connectivity index (χ3n) is 5.64. The normalized spacial score (nSPS) is 23.1. The monoisotopic (exact) mass is 425 g/mol. The summed E-state index contributed by atoms with van der Waals surface area (Å²) in [6.45, 7) is 7.53. The lowest BCUT2D eigenvalue weighted by molar-refractivity contribution is -0.142. The molecule has 0 radical (unpaired) electrons. The Balaban J connectivity index is 1.62.